The molecule has 1 aliphatic rings. The Labute approximate surface area is 138 Å². The molecule has 3 heterocycles. The zero-order chi connectivity index (χ0) is 16.5. The number of nitrogens with one attached hydrogen (secondary N) is 1. The molecular formula is C16H18N6O2. The standard InChI is InChI=1S/C16H18N6O2/c17-14(23)8-22-5-1-2-11(7-22)16-20-15(21-24-16)10-3-4-12-13(6-10)19-9-18-12/h3-4,6,9,11H,1-2,5,7-8H2,(H2,17,23)(H,18,19). The van der Waals surface area contributed by atoms with E-state index in [-0.39, 0.29) is 18.4 Å². The van der Waals surface area contributed by atoms with Crippen LogP contribution in [0.15, 0.2) is 29.0 Å². The van der Waals surface area contributed by atoms with Crippen molar-refractivity contribution < 1.29 is 9.32 Å². The number of piperidine rings is 1. The number of hydrogen-bond donors (Lipinski definition) is 2. The lowest BCUT2D eigenvalue weighted by Gasteiger charge is -2.29. The van der Waals surface area contributed by atoms with E-state index in [1.165, 1.54) is 0 Å². The number of aromatic nitrogens is 4. The lowest BCUT2D eigenvalue weighted by molar-refractivity contribution is -0.119. The second-order valence-electron chi connectivity index (χ2n) is 6.13. The Morgan fingerprint density at radius 2 is 2.38 bits per heavy atom. The SMILES string of the molecule is NC(=O)CN1CCCC(c2nc(-c3ccc4nc[nH]c4c3)no2)C1. The molecule has 1 aromatic carbocycles. The maximum Gasteiger partial charge on any atom is 0.231 e. The molecule has 0 aliphatic carbocycles. The fourth-order valence-corrected chi connectivity index (χ4v) is 3.21. The van der Waals surface area contributed by atoms with Gasteiger partial charge < -0.3 is 15.2 Å². The van der Waals surface area contributed by atoms with Gasteiger partial charge in [-0.3, -0.25) is 9.69 Å². The molecule has 24 heavy (non-hydrogen) atoms. The summed E-state index contributed by atoms with van der Waals surface area (Å²) in [5, 5.41) is 4.11. The van der Waals surface area contributed by atoms with Crippen LogP contribution in [0.2, 0.25) is 0 Å². The van der Waals surface area contributed by atoms with E-state index in [1.54, 1.807) is 6.33 Å². The lowest BCUT2D eigenvalue weighted by Crippen LogP contribution is -2.40. The molecule has 1 amide bonds. The van der Waals surface area contributed by atoms with Crippen molar-refractivity contribution in [3.8, 4) is 11.4 Å². The van der Waals surface area contributed by atoms with E-state index in [0.29, 0.717) is 18.3 Å². The van der Waals surface area contributed by atoms with Gasteiger partial charge in [0.05, 0.1) is 29.8 Å². The summed E-state index contributed by atoms with van der Waals surface area (Å²) in [6.45, 7) is 1.86. The van der Waals surface area contributed by atoms with Gasteiger partial charge in [-0.2, -0.15) is 4.98 Å². The molecule has 1 aliphatic heterocycles. The number of amides is 1. The monoisotopic (exact) mass is 326 g/mol. The highest BCUT2D eigenvalue weighted by atomic mass is 16.5. The molecule has 1 saturated heterocycles. The molecule has 1 fully saturated rings. The largest absolute Gasteiger partial charge is 0.369 e. The minimum atomic E-state index is -0.310. The molecule has 1 unspecified atom stereocenters. The second kappa shape index (κ2) is 6.04. The molecule has 8 nitrogen and oxygen atoms in total. The van der Waals surface area contributed by atoms with Crippen LogP contribution in [0, 0.1) is 0 Å². The summed E-state index contributed by atoms with van der Waals surface area (Å²) in [5.41, 5.74) is 8.00. The van der Waals surface area contributed by atoms with Crippen molar-refractivity contribution in [3.05, 3.63) is 30.4 Å². The van der Waals surface area contributed by atoms with Crippen LogP contribution in [0.25, 0.3) is 22.4 Å². The molecule has 8 heteroatoms. The van der Waals surface area contributed by atoms with E-state index in [1.807, 2.05) is 23.1 Å². The third kappa shape index (κ3) is 2.88. The maximum absolute atomic E-state index is 11.1. The van der Waals surface area contributed by atoms with Crippen molar-refractivity contribution in [2.45, 2.75) is 18.8 Å². The van der Waals surface area contributed by atoms with Crippen LogP contribution >= 0.6 is 0 Å². The fraction of sp³-hybridized carbons (Fsp3) is 0.375. The van der Waals surface area contributed by atoms with Crippen molar-refractivity contribution in [3.63, 3.8) is 0 Å². The fourth-order valence-electron chi connectivity index (χ4n) is 3.21. The molecule has 4 rings (SSSR count). The zero-order valence-electron chi connectivity index (χ0n) is 13.1. The molecular weight excluding hydrogens is 308 g/mol. The number of carbonyl (C=O) groups is 1. The van der Waals surface area contributed by atoms with Gasteiger partial charge in [-0.1, -0.05) is 5.16 Å². The Balaban J connectivity index is 1.54. The van der Waals surface area contributed by atoms with E-state index in [9.17, 15) is 4.79 Å². The normalized spacial score (nSPS) is 18.9. The van der Waals surface area contributed by atoms with Crippen LogP contribution < -0.4 is 5.73 Å². The van der Waals surface area contributed by atoms with Crippen LogP contribution in [0.4, 0.5) is 0 Å². The summed E-state index contributed by atoms with van der Waals surface area (Å²) in [5.74, 6) is 1.00. The number of aromatic amines is 1. The summed E-state index contributed by atoms with van der Waals surface area (Å²) < 4.78 is 5.48. The minimum Gasteiger partial charge on any atom is -0.369 e. The van der Waals surface area contributed by atoms with Gasteiger partial charge in [0, 0.05) is 12.1 Å². The van der Waals surface area contributed by atoms with Gasteiger partial charge in [0.25, 0.3) is 0 Å². The Bertz CT molecular complexity index is 870. The summed E-state index contributed by atoms with van der Waals surface area (Å²) in [4.78, 5) is 25.0. The first-order valence-electron chi connectivity index (χ1n) is 7.97. The van der Waals surface area contributed by atoms with E-state index in [0.717, 1.165) is 36.0 Å². The summed E-state index contributed by atoms with van der Waals surface area (Å²) in [6, 6.07) is 5.81. The molecule has 2 aromatic heterocycles. The molecule has 0 saturated carbocycles. The molecule has 0 spiro atoms. The van der Waals surface area contributed by atoms with Gasteiger partial charge in [-0.05, 0) is 37.6 Å². The van der Waals surface area contributed by atoms with Crippen LogP contribution in [0.1, 0.15) is 24.7 Å². The number of nitrogens with zero attached hydrogens (tertiary/aromatic N) is 4. The van der Waals surface area contributed by atoms with Gasteiger partial charge >= 0.3 is 0 Å². The lowest BCUT2D eigenvalue weighted by atomic mass is 9.98. The Morgan fingerprint density at radius 3 is 3.25 bits per heavy atom. The number of nitrogens with two attached hydrogens (primary N) is 1. The number of H-pyrrole nitrogens is 1. The van der Waals surface area contributed by atoms with Crippen molar-refractivity contribution in [2.24, 2.45) is 5.73 Å². The number of likely N-dealkylation sites (tertiary alicyclic amines) is 1. The smallest absolute Gasteiger partial charge is 0.231 e. The number of fused-ring (bicyclic) bond motifs is 1. The Morgan fingerprint density at radius 1 is 1.46 bits per heavy atom. The molecule has 124 valence electrons. The maximum atomic E-state index is 11.1. The van der Waals surface area contributed by atoms with Crippen molar-refractivity contribution in [1.82, 2.24) is 25.0 Å². The zero-order valence-corrected chi connectivity index (χ0v) is 13.1. The average Bonchev–Trinajstić information content (AvgIpc) is 3.23. The quantitative estimate of drug-likeness (QED) is 0.746. The average molecular weight is 326 g/mol. The summed E-state index contributed by atoms with van der Waals surface area (Å²) in [7, 11) is 0. The van der Waals surface area contributed by atoms with Crippen LogP contribution in [-0.4, -0.2) is 50.5 Å². The molecule has 3 N–H and O–H groups in total. The first-order chi connectivity index (χ1) is 11.7. The topological polar surface area (TPSA) is 114 Å². The second-order valence-corrected chi connectivity index (χ2v) is 6.13. The molecule has 0 bridgehead atoms. The number of benzene rings is 1. The number of primary amides is 1. The van der Waals surface area contributed by atoms with Crippen LogP contribution in [0.5, 0.6) is 0 Å². The Kier molecular flexibility index (Phi) is 3.73. The van der Waals surface area contributed by atoms with Crippen molar-refractivity contribution in [1.29, 1.82) is 0 Å². The Hall–Kier alpha value is -2.74. The highest BCUT2D eigenvalue weighted by Gasteiger charge is 2.26. The number of carbonyl (C=O) groups excluding carboxylic acids is 1. The van der Waals surface area contributed by atoms with Crippen molar-refractivity contribution in [2.75, 3.05) is 19.6 Å². The predicted molar refractivity (Wildman–Crippen MR) is 87.0 cm³/mol. The number of hydrogen-bond acceptors (Lipinski definition) is 6. The third-order valence-corrected chi connectivity index (χ3v) is 4.35. The van der Waals surface area contributed by atoms with Crippen molar-refractivity contribution >= 4 is 16.9 Å². The van der Waals surface area contributed by atoms with Gasteiger partial charge in [0.2, 0.25) is 17.6 Å². The molecule has 1 atom stereocenters. The van der Waals surface area contributed by atoms with Crippen LogP contribution in [-0.2, 0) is 4.79 Å². The van der Waals surface area contributed by atoms with Crippen LogP contribution in [0.3, 0.4) is 0 Å². The predicted octanol–water partition coefficient (Wildman–Crippen LogP) is 1.28. The number of imidazole rings is 1. The van der Waals surface area contributed by atoms with E-state index in [2.05, 4.69) is 20.1 Å². The van der Waals surface area contributed by atoms with E-state index in [4.69, 9.17) is 10.3 Å². The van der Waals surface area contributed by atoms with E-state index >= 15 is 0 Å². The van der Waals surface area contributed by atoms with Gasteiger partial charge in [-0.25, -0.2) is 4.98 Å². The molecule has 3 aromatic rings. The first-order valence-corrected chi connectivity index (χ1v) is 7.97. The third-order valence-electron chi connectivity index (χ3n) is 4.35. The summed E-state index contributed by atoms with van der Waals surface area (Å²) in [6.07, 6.45) is 3.61. The van der Waals surface area contributed by atoms with Gasteiger partial charge in [-0.15, -0.1) is 0 Å². The first kappa shape index (κ1) is 14.8. The minimum absolute atomic E-state index is 0.134. The molecule has 0 radical (unpaired) electrons. The summed E-state index contributed by atoms with van der Waals surface area (Å²) >= 11 is 0. The van der Waals surface area contributed by atoms with Gasteiger partial charge in [0.1, 0.15) is 0 Å². The number of rotatable bonds is 4. The van der Waals surface area contributed by atoms with Gasteiger partial charge in [0.15, 0.2) is 0 Å². The van der Waals surface area contributed by atoms with E-state index < -0.39 is 0 Å². The highest BCUT2D eigenvalue weighted by molar-refractivity contribution is 5.79. The highest BCUT2D eigenvalue weighted by Crippen LogP contribution is 2.28.